The van der Waals surface area contributed by atoms with E-state index in [0.29, 0.717) is 11.4 Å². The summed E-state index contributed by atoms with van der Waals surface area (Å²) in [7, 11) is 0. The number of carboxylic acids is 1. The molecule has 2 N–H and O–H groups in total. The van der Waals surface area contributed by atoms with Crippen LogP contribution >= 0.6 is 11.6 Å². The van der Waals surface area contributed by atoms with Crippen molar-refractivity contribution in [3.8, 4) is 11.3 Å². The van der Waals surface area contributed by atoms with Crippen molar-refractivity contribution in [2.45, 2.75) is 32.1 Å². The molecule has 0 amide bonds. The van der Waals surface area contributed by atoms with Crippen molar-refractivity contribution >= 4 is 28.5 Å². The number of H-pyrrole nitrogens is 1. The molecule has 0 aliphatic carbocycles. The van der Waals surface area contributed by atoms with Crippen molar-refractivity contribution in [2.75, 3.05) is 0 Å². The van der Waals surface area contributed by atoms with Gasteiger partial charge in [-0.3, -0.25) is 9.78 Å². The Labute approximate surface area is 145 Å². The van der Waals surface area contributed by atoms with Gasteiger partial charge in [-0.15, -0.1) is 0 Å². The van der Waals surface area contributed by atoms with E-state index in [1.807, 2.05) is 36.5 Å². The third kappa shape index (κ3) is 3.77. The maximum atomic E-state index is 10.6. The number of pyridine rings is 1. The minimum absolute atomic E-state index is 0.231. The summed E-state index contributed by atoms with van der Waals surface area (Å²) in [5.41, 5.74) is 4.39. The van der Waals surface area contributed by atoms with Crippen LogP contribution in [0, 0.1) is 0 Å². The lowest BCUT2D eigenvalue weighted by molar-refractivity contribution is -0.137. The zero-order valence-electron chi connectivity index (χ0n) is 13.3. The fraction of sp³-hybridized carbons (Fsp3) is 0.263. The number of aliphatic carboxylic acids is 1. The maximum absolute atomic E-state index is 10.6. The van der Waals surface area contributed by atoms with E-state index in [1.165, 1.54) is 5.56 Å². The molecule has 4 nitrogen and oxygen atoms in total. The molecule has 2 heterocycles. The molecule has 0 bridgehead atoms. The molecule has 0 aliphatic heterocycles. The summed E-state index contributed by atoms with van der Waals surface area (Å²) >= 11 is 6.17. The van der Waals surface area contributed by atoms with Crippen LogP contribution in [0.3, 0.4) is 0 Å². The standard InChI is InChI=1S/C19H19ClN2O2/c20-14-8-9-17-16(11-14)15(6-2-1-3-7-18(23)24)19(22-17)13-5-4-10-21-12-13/h4-5,8-12,22H,1-3,6-7H2,(H,23,24). The van der Waals surface area contributed by atoms with Gasteiger partial charge in [-0.2, -0.15) is 0 Å². The topological polar surface area (TPSA) is 66.0 Å². The Bertz CT molecular complexity index is 843. The fourth-order valence-corrected chi connectivity index (χ4v) is 3.16. The Balaban J connectivity index is 1.88. The van der Waals surface area contributed by atoms with Gasteiger partial charge in [0, 0.05) is 40.3 Å². The van der Waals surface area contributed by atoms with E-state index in [2.05, 4.69) is 9.97 Å². The first-order chi connectivity index (χ1) is 11.6. The highest BCUT2D eigenvalue weighted by Crippen LogP contribution is 2.32. The fourth-order valence-electron chi connectivity index (χ4n) is 2.99. The number of nitrogens with zero attached hydrogens (tertiary/aromatic N) is 1. The molecule has 3 rings (SSSR count). The number of fused-ring (bicyclic) bond motifs is 1. The van der Waals surface area contributed by atoms with Crippen LogP contribution in [0.1, 0.15) is 31.2 Å². The van der Waals surface area contributed by atoms with Crippen molar-refractivity contribution in [1.29, 1.82) is 0 Å². The van der Waals surface area contributed by atoms with E-state index in [4.69, 9.17) is 16.7 Å². The second-order valence-corrected chi connectivity index (χ2v) is 6.30. The summed E-state index contributed by atoms with van der Waals surface area (Å²) in [6, 6.07) is 9.81. The number of aryl methyl sites for hydroxylation is 1. The number of aromatic nitrogens is 2. The Morgan fingerprint density at radius 2 is 2.08 bits per heavy atom. The molecule has 24 heavy (non-hydrogen) atoms. The number of benzene rings is 1. The quantitative estimate of drug-likeness (QED) is 0.589. The average molecular weight is 343 g/mol. The SMILES string of the molecule is O=C(O)CCCCCc1c(-c2cccnc2)[nH]c2ccc(Cl)cc12. The molecule has 3 aromatic rings. The van der Waals surface area contributed by atoms with Gasteiger partial charge in [0.25, 0.3) is 0 Å². The van der Waals surface area contributed by atoms with Crippen molar-refractivity contribution in [1.82, 2.24) is 9.97 Å². The first kappa shape index (κ1) is 16.5. The zero-order chi connectivity index (χ0) is 16.9. The minimum Gasteiger partial charge on any atom is -0.481 e. The first-order valence-electron chi connectivity index (χ1n) is 8.07. The minimum atomic E-state index is -0.732. The molecular formula is C19H19ClN2O2. The van der Waals surface area contributed by atoms with Crippen molar-refractivity contribution in [3.05, 3.63) is 53.3 Å². The monoisotopic (exact) mass is 342 g/mol. The van der Waals surface area contributed by atoms with Crippen LogP contribution in [0.15, 0.2) is 42.7 Å². The van der Waals surface area contributed by atoms with Crippen LogP contribution in [-0.2, 0) is 11.2 Å². The molecule has 0 spiro atoms. The van der Waals surface area contributed by atoms with E-state index < -0.39 is 5.97 Å². The molecule has 5 heteroatoms. The highest BCUT2D eigenvalue weighted by molar-refractivity contribution is 6.31. The number of carbonyl (C=O) groups is 1. The molecule has 0 fully saturated rings. The molecule has 1 aromatic carbocycles. The normalized spacial score (nSPS) is 11.0. The van der Waals surface area contributed by atoms with Crippen molar-refractivity contribution in [3.63, 3.8) is 0 Å². The Hall–Kier alpha value is -2.33. The molecule has 2 aromatic heterocycles. The van der Waals surface area contributed by atoms with E-state index >= 15 is 0 Å². The van der Waals surface area contributed by atoms with Gasteiger partial charge in [0.1, 0.15) is 0 Å². The van der Waals surface area contributed by atoms with Crippen LogP contribution in [0.5, 0.6) is 0 Å². The molecule has 0 radical (unpaired) electrons. The number of hydrogen-bond donors (Lipinski definition) is 2. The lowest BCUT2D eigenvalue weighted by Crippen LogP contribution is -1.95. The van der Waals surface area contributed by atoms with E-state index in [-0.39, 0.29) is 6.42 Å². The predicted octanol–water partition coefficient (Wildman–Crippen LogP) is 5.07. The number of carboxylic acid groups (broad SMARTS) is 1. The highest BCUT2D eigenvalue weighted by atomic mass is 35.5. The van der Waals surface area contributed by atoms with Gasteiger partial charge in [0.15, 0.2) is 0 Å². The largest absolute Gasteiger partial charge is 0.481 e. The summed E-state index contributed by atoms with van der Waals surface area (Å²) in [6.07, 6.45) is 7.26. The average Bonchev–Trinajstić information content (AvgIpc) is 2.93. The predicted molar refractivity (Wildman–Crippen MR) is 96.3 cm³/mol. The van der Waals surface area contributed by atoms with Crippen LogP contribution in [-0.4, -0.2) is 21.0 Å². The van der Waals surface area contributed by atoms with Crippen molar-refractivity contribution in [2.24, 2.45) is 0 Å². The third-order valence-corrected chi connectivity index (χ3v) is 4.37. The summed E-state index contributed by atoms with van der Waals surface area (Å²) in [5, 5.41) is 10.6. The second kappa shape index (κ2) is 7.49. The van der Waals surface area contributed by atoms with Gasteiger partial charge < -0.3 is 10.1 Å². The highest BCUT2D eigenvalue weighted by Gasteiger charge is 2.13. The number of hydrogen-bond acceptors (Lipinski definition) is 2. The Morgan fingerprint density at radius 1 is 1.21 bits per heavy atom. The van der Waals surface area contributed by atoms with E-state index in [9.17, 15) is 4.79 Å². The summed E-state index contributed by atoms with van der Waals surface area (Å²) in [6.45, 7) is 0. The van der Waals surface area contributed by atoms with Crippen LogP contribution < -0.4 is 0 Å². The summed E-state index contributed by atoms with van der Waals surface area (Å²) in [5.74, 6) is -0.732. The molecular weight excluding hydrogens is 324 g/mol. The molecule has 0 saturated heterocycles. The third-order valence-electron chi connectivity index (χ3n) is 4.14. The van der Waals surface area contributed by atoms with E-state index in [0.717, 1.165) is 41.4 Å². The van der Waals surface area contributed by atoms with Crippen LogP contribution in [0.25, 0.3) is 22.2 Å². The summed E-state index contributed by atoms with van der Waals surface area (Å²) < 4.78 is 0. The molecule has 124 valence electrons. The molecule has 0 aliphatic rings. The molecule has 0 unspecified atom stereocenters. The van der Waals surface area contributed by atoms with Gasteiger partial charge in [0.05, 0.1) is 5.69 Å². The smallest absolute Gasteiger partial charge is 0.303 e. The number of unbranched alkanes of at least 4 members (excludes halogenated alkanes) is 2. The Morgan fingerprint density at radius 3 is 2.83 bits per heavy atom. The summed E-state index contributed by atoms with van der Waals surface area (Å²) in [4.78, 5) is 18.3. The number of nitrogens with one attached hydrogen (secondary N) is 1. The zero-order valence-corrected chi connectivity index (χ0v) is 14.0. The van der Waals surface area contributed by atoms with E-state index in [1.54, 1.807) is 6.20 Å². The van der Waals surface area contributed by atoms with Gasteiger partial charge >= 0.3 is 5.97 Å². The van der Waals surface area contributed by atoms with Crippen LogP contribution in [0.2, 0.25) is 5.02 Å². The van der Waals surface area contributed by atoms with Crippen molar-refractivity contribution < 1.29 is 9.90 Å². The molecule has 0 saturated carbocycles. The maximum Gasteiger partial charge on any atom is 0.303 e. The molecule has 0 atom stereocenters. The van der Waals surface area contributed by atoms with Crippen LogP contribution in [0.4, 0.5) is 0 Å². The van der Waals surface area contributed by atoms with Gasteiger partial charge in [-0.05, 0) is 55.2 Å². The van der Waals surface area contributed by atoms with Gasteiger partial charge in [-0.25, -0.2) is 0 Å². The Kier molecular flexibility index (Phi) is 5.16. The number of aromatic amines is 1. The second-order valence-electron chi connectivity index (χ2n) is 5.86. The van der Waals surface area contributed by atoms with Gasteiger partial charge in [-0.1, -0.05) is 18.0 Å². The van der Waals surface area contributed by atoms with Gasteiger partial charge in [0.2, 0.25) is 0 Å². The number of halogens is 1. The lowest BCUT2D eigenvalue weighted by Gasteiger charge is -2.05. The first-order valence-corrected chi connectivity index (χ1v) is 8.45. The lowest BCUT2D eigenvalue weighted by atomic mass is 10.0. The number of rotatable bonds is 7.